The Balaban J connectivity index is 1.83. The van der Waals surface area contributed by atoms with Gasteiger partial charge in [0.25, 0.3) is 0 Å². The van der Waals surface area contributed by atoms with E-state index in [0.717, 1.165) is 50.5 Å². The van der Waals surface area contributed by atoms with Gasteiger partial charge in [-0.25, -0.2) is 0 Å². The summed E-state index contributed by atoms with van der Waals surface area (Å²) in [6.07, 6.45) is 13.7. The van der Waals surface area contributed by atoms with Crippen LogP contribution in [0.25, 0.3) is 0 Å². The van der Waals surface area contributed by atoms with Crippen molar-refractivity contribution in [1.29, 1.82) is 0 Å². The van der Waals surface area contributed by atoms with Crippen molar-refractivity contribution in [2.45, 2.75) is 108 Å². The van der Waals surface area contributed by atoms with Crippen LogP contribution in [0.15, 0.2) is 36.4 Å². The van der Waals surface area contributed by atoms with Crippen LogP contribution in [0.5, 0.6) is 0 Å². The maximum atomic E-state index is 11.6. The predicted molar refractivity (Wildman–Crippen MR) is 129 cm³/mol. The highest BCUT2D eigenvalue weighted by Crippen LogP contribution is 2.45. The number of aliphatic hydroxyl groups excluding tert-OH is 1. The summed E-state index contributed by atoms with van der Waals surface area (Å²) >= 11 is 6.71. The van der Waals surface area contributed by atoms with Crippen molar-refractivity contribution in [2.24, 2.45) is 5.92 Å². The van der Waals surface area contributed by atoms with E-state index in [4.69, 9.17) is 16.3 Å². The van der Waals surface area contributed by atoms with Gasteiger partial charge in [0.1, 0.15) is 0 Å². The molecule has 0 amide bonds. The number of hydrogen-bond donors (Lipinski definition) is 1. The number of ether oxygens (including phenoxy) is 1. The third-order valence-corrected chi connectivity index (χ3v) is 6.71. The number of aliphatic hydroxyl groups is 1. The zero-order valence-electron chi connectivity index (χ0n) is 19.6. The fraction of sp³-hybridized carbons (Fsp3) is 0.667. The SMILES string of the molecule is CCCCCC(O)c1ccc([C@@H]2[C@@H](C/C=C\CCCC(=O)OC(C)C)CC[C@H]2Cl)cc1. The summed E-state index contributed by atoms with van der Waals surface area (Å²) < 4.78 is 5.17. The van der Waals surface area contributed by atoms with Gasteiger partial charge in [0.05, 0.1) is 12.2 Å². The number of benzene rings is 1. The summed E-state index contributed by atoms with van der Waals surface area (Å²) in [5.41, 5.74) is 2.30. The molecule has 1 fully saturated rings. The number of rotatable bonds is 13. The zero-order chi connectivity index (χ0) is 22.6. The van der Waals surface area contributed by atoms with E-state index in [-0.39, 0.29) is 23.6 Å². The minimum atomic E-state index is -0.368. The number of esters is 1. The lowest BCUT2D eigenvalue weighted by Gasteiger charge is -2.22. The highest BCUT2D eigenvalue weighted by Gasteiger charge is 2.35. The number of carbonyl (C=O) groups is 1. The van der Waals surface area contributed by atoms with Crippen LogP contribution in [-0.2, 0) is 9.53 Å². The Morgan fingerprint density at radius 3 is 2.58 bits per heavy atom. The Kier molecular flexibility index (Phi) is 11.7. The Hall–Kier alpha value is -1.32. The van der Waals surface area contributed by atoms with Crippen LogP contribution in [0.2, 0.25) is 0 Å². The van der Waals surface area contributed by atoms with Crippen molar-refractivity contribution in [2.75, 3.05) is 0 Å². The molecule has 0 aromatic heterocycles. The highest BCUT2D eigenvalue weighted by atomic mass is 35.5. The number of carbonyl (C=O) groups excluding carboxylic acids is 1. The average Bonchev–Trinajstić information content (AvgIpc) is 3.10. The molecule has 3 nitrogen and oxygen atoms in total. The Morgan fingerprint density at radius 1 is 1.16 bits per heavy atom. The van der Waals surface area contributed by atoms with E-state index in [0.29, 0.717) is 18.3 Å². The van der Waals surface area contributed by atoms with E-state index in [1.54, 1.807) is 0 Å². The maximum Gasteiger partial charge on any atom is 0.306 e. The molecule has 1 N–H and O–H groups in total. The normalized spacial score (nSPS) is 22.3. The molecule has 1 aromatic carbocycles. The lowest BCUT2D eigenvalue weighted by Crippen LogP contribution is -2.13. The smallest absolute Gasteiger partial charge is 0.306 e. The van der Waals surface area contributed by atoms with Crippen LogP contribution < -0.4 is 0 Å². The summed E-state index contributed by atoms with van der Waals surface area (Å²) in [4.78, 5) is 11.6. The second kappa shape index (κ2) is 14.0. The standard InChI is InChI=1S/C27H41ClO3/c1-4-5-8-12-25(29)21-14-16-23(17-15-21)27-22(18-19-24(27)28)11-9-6-7-10-13-26(30)31-20(2)3/h6,9,14-17,20,22,24-25,27,29H,4-5,7-8,10-13,18-19H2,1-3H3/b9-6-/t22-,24+,25?,27-/m0/s1. The number of alkyl halides is 1. The number of halogens is 1. The highest BCUT2D eigenvalue weighted by molar-refractivity contribution is 6.21. The molecule has 0 heterocycles. The molecule has 0 saturated heterocycles. The fourth-order valence-corrected chi connectivity index (χ4v) is 5.02. The number of allylic oxidation sites excluding steroid dienone is 2. The first-order valence-corrected chi connectivity index (χ1v) is 12.6. The van der Waals surface area contributed by atoms with E-state index < -0.39 is 0 Å². The summed E-state index contributed by atoms with van der Waals surface area (Å²) in [5.74, 6) is 0.798. The van der Waals surface area contributed by atoms with Gasteiger partial charge in [0.15, 0.2) is 0 Å². The molecule has 0 radical (unpaired) electrons. The van der Waals surface area contributed by atoms with Crippen LogP contribution in [0.1, 0.15) is 108 Å². The topological polar surface area (TPSA) is 46.5 Å². The number of hydrogen-bond acceptors (Lipinski definition) is 3. The molecule has 2 rings (SSSR count). The van der Waals surface area contributed by atoms with E-state index in [9.17, 15) is 9.90 Å². The van der Waals surface area contributed by atoms with Gasteiger partial charge < -0.3 is 9.84 Å². The Bertz CT molecular complexity index is 668. The van der Waals surface area contributed by atoms with Crippen LogP contribution in [0, 0.1) is 5.92 Å². The summed E-state index contributed by atoms with van der Waals surface area (Å²) in [5, 5.41) is 10.6. The van der Waals surface area contributed by atoms with Gasteiger partial charge in [-0.15, -0.1) is 11.6 Å². The summed E-state index contributed by atoms with van der Waals surface area (Å²) in [6.45, 7) is 5.94. The first-order chi connectivity index (χ1) is 14.9. The molecule has 0 aliphatic heterocycles. The molecule has 1 aliphatic rings. The molecule has 1 unspecified atom stereocenters. The minimum absolute atomic E-state index is 0.0378. The van der Waals surface area contributed by atoms with Gasteiger partial charge in [-0.05, 0) is 69.4 Å². The fourth-order valence-electron chi connectivity index (χ4n) is 4.54. The van der Waals surface area contributed by atoms with Crippen molar-refractivity contribution in [1.82, 2.24) is 0 Å². The van der Waals surface area contributed by atoms with Gasteiger partial charge in [-0.2, -0.15) is 0 Å². The predicted octanol–water partition coefficient (Wildman–Crippen LogP) is 7.47. The zero-order valence-corrected chi connectivity index (χ0v) is 20.3. The molecule has 1 saturated carbocycles. The number of unbranched alkanes of at least 4 members (excludes halogenated alkanes) is 3. The van der Waals surface area contributed by atoms with Crippen molar-refractivity contribution < 1.29 is 14.6 Å². The first-order valence-electron chi connectivity index (χ1n) is 12.2. The van der Waals surface area contributed by atoms with E-state index in [2.05, 4.69) is 43.3 Å². The molecular weight excluding hydrogens is 408 g/mol. The van der Waals surface area contributed by atoms with E-state index in [1.165, 1.54) is 18.4 Å². The lowest BCUT2D eigenvalue weighted by molar-refractivity contribution is -0.147. The summed E-state index contributed by atoms with van der Waals surface area (Å²) in [7, 11) is 0. The average molecular weight is 449 g/mol. The van der Waals surface area contributed by atoms with E-state index in [1.807, 2.05) is 13.8 Å². The molecule has 174 valence electrons. The van der Waals surface area contributed by atoms with E-state index >= 15 is 0 Å². The Labute approximate surface area is 194 Å². The quantitative estimate of drug-likeness (QED) is 0.147. The van der Waals surface area contributed by atoms with Gasteiger partial charge in [-0.1, -0.05) is 62.6 Å². The van der Waals surface area contributed by atoms with Crippen LogP contribution in [0.4, 0.5) is 0 Å². The maximum absolute atomic E-state index is 11.6. The molecule has 1 aliphatic carbocycles. The molecule has 4 heteroatoms. The van der Waals surface area contributed by atoms with Gasteiger partial charge in [-0.3, -0.25) is 4.79 Å². The van der Waals surface area contributed by atoms with Crippen molar-refractivity contribution in [3.05, 3.63) is 47.5 Å². The molecule has 1 aromatic rings. The minimum Gasteiger partial charge on any atom is -0.463 e. The Morgan fingerprint density at radius 2 is 1.90 bits per heavy atom. The largest absolute Gasteiger partial charge is 0.463 e. The van der Waals surface area contributed by atoms with Crippen molar-refractivity contribution >= 4 is 17.6 Å². The molecule has 31 heavy (non-hydrogen) atoms. The summed E-state index contributed by atoms with van der Waals surface area (Å²) in [6, 6.07) is 8.50. The lowest BCUT2D eigenvalue weighted by atomic mass is 9.85. The van der Waals surface area contributed by atoms with Gasteiger partial charge in [0.2, 0.25) is 0 Å². The second-order valence-corrected chi connectivity index (χ2v) is 9.76. The molecular formula is C27H41ClO3. The van der Waals surface area contributed by atoms with Crippen molar-refractivity contribution in [3.63, 3.8) is 0 Å². The van der Waals surface area contributed by atoms with Crippen molar-refractivity contribution in [3.8, 4) is 0 Å². The van der Waals surface area contributed by atoms with Gasteiger partial charge >= 0.3 is 5.97 Å². The third-order valence-electron chi connectivity index (χ3n) is 6.22. The first kappa shape index (κ1) is 25.9. The second-order valence-electron chi connectivity index (χ2n) is 9.20. The molecule has 0 spiro atoms. The monoisotopic (exact) mass is 448 g/mol. The molecule has 0 bridgehead atoms. The van der Waals surface area contributed by atoms with Crippen LogP contribution in [-0.4, -0.2) is 22.6 Å². The van der Waals surface area contributed by atoms with Crippen LogP contribution in [0.3, 0.4) is 0 Å². The van der Waals surface area contributed by atoms with Gasteiger partial charge in [0, 0.05) is 17.7 Å². The van der Waals surface area contributed by atoms with Crippen LogP contribution >= 0.6 is 11.6 Å². The third kappa shape index (κ3) is 8.98. The molecule has 4 atom stereocenters.